The van der Waals surface area contributed by atoms with Crippen LogP contribution in [0.4, 0.5) is 5.69 Å². The Kier molecular flexibility index (Phi) is 4.56. The molecule has 0 saturated carbocycles. The number of para-hydroxylation sites is 1. The van der Waals surface area contributed by atoms with Gasteiger partial charge in [-0.25, -0.2) is 4.68 Å². The number of carboxylic acids is 1. The topological polar surface area (TPSA) is 101 Å². The number of hydrogen-bond acceptors (Lipinski definition) is 4. The Hall–Kier alpha value is -3.48. The minimum Gasteiger partial charge on any atom is -0.481 e. The lowest BCUT2D eigenvalue weighted by Crippen LogP contribution is -2.31. The highest BCUT2D eigenvalue weighted by Gasteiger charge is 2.14. The van der Waals surface area contributed by atoms with Crippen molar-refractivity contribution in [3.63, 3.8) is 0 Å². The lowest BCUT2D eigenvalue weighted by Gasteiger charge is -2.10. The van der Waals surface area contributed by atoms with Crippen LogP contribution in [0.25, 0.3) is 10.8 Å². The third-order valence-corrected chi connectivity index (χ3v) is 3.61. The molecule has 126 valence electrons. The highest BCUT2D eigenvalue weighted by Crippen LogP contribution is 2.14. The summed E-state index contributed by atoms with van der Waals surface area (Å²) in [6.45, 7) is -0.300. The van der Waals surface area contributed by atoms with E-state index in [1.54, 1.807) is 48.5 Å². The lowest BCUT2D eigenvalue weighted by molar-refractivity contribution is -0.136. The van der Waals surface area contributed by atoms with Gasteiger partial charge in [0, 0.05) is 11.1 Å². The number of fused-ring (bicyclic) bond motifs is 1. The quantitative estimate of drug-likeness (QED) is 0.737. The second kappa shape index (κ2) is 6.96. The van der Waals surface area contributed by atoms with E-state index >= 15 is 0 Å². The van der Waals surface area contributed by atoms with Crippen molar-refractivity contribution in [1.82, 2.24) is 9.78 Å². The number of anilines is 1. The molecular weight excluding hydrogens is 322 g/mol. The number of rotatable bonds is 5. The predicted octanol–water partition coefficient (Wildman–Crippen LogP) is 1.66. The van der Waals surface area contributed by atoms with Crippen molar-refractivity contribution in [3.05, 3.63) is 70.6 Å². The Bertz CT molecular complexity index is 996. The standard InChI is InChI=1S/C18H15N3O4/c22-16(19-12-6-2-1-3-7-12)11-21-18(25)14-9-5-4-8-13(14)15(20-21)10-17(23)24/h1-9H,10-11H2,(H,19,22)(H,23,24). The molecule has 25 heavy (non-hydrogen) atoms. The summed E-state index contributed by atoms with van der Waals surface area (Å²) in [5, 5.41) is 16.6. The van der Waals surface area contributed by atoms with E-state index in [9.17, 15) is 14.4 Å². The van der Waals surface area contributed by atoms with Crippen molar-refractivity contribution in [2.75, 3.05) is 5.32 Å². The summed E-state index contributed by atoms with van der Waals surface area (Å²) in [5.74, 6) is -1.48. The van der Waals surface area contributed by atoms with E-state index in [4.69, 9.17) is 5.11 Å². The second-order valence-electron chi connectivity index (χ2n) is 5.44. The van der Waals surface area contributed by atoms with Gasteiger partial charge < -0.3 is 10.4 Å². The Morgan fingerprint density at radius 1 is 1.00 bits per heavy atom. The summed E-state index contributed by atoms with van der Waals surface area (Å²) < 4.78 is 0.999. The fourth-order valence-electron chi connectivity index (χ4n) is 2.54. The van der Waals surface area contributed by atoms with Gasteiger partial charge in [0.1, 0.15) is 6.54 Å². The first-order chi connectivity index (χ1) is 12.0. The summed E-state index contributed by atoms with van der Waals surface area (Å²) in [7, 11) is 0. The normalized spacial score (nSPS) is 10.6. The molecule has 0 aliphatic heterocycles. The maximum Gasteiger partial charge on any atom is 0.309 e. The molecule has 3 rings (SSSR count). The summed E-state index contributed by atoms with van der Waals surface area (Å²) in [4.78, 5) is 35.8. The summed E-state index contributed by atoms with van der Waals surface area (Å²) >= 11 is 0. The van der Waals surface area contributed by atoms with E-state index in [-0.39, 0.29) is 18.7 Å². The zero-order valence-electron chi connectivity index (χ0n) is 13.2. The van der Waals surface area contributed by atoms with Crippen molar-refractivity contribution >= 4 is 28.3 Å². The van der Waals surface area contributed by atoms with Crippen LogP contribution in [-0.4, -0.2) is 26.8 Å². The SMILES string of the molecule is O=C(O)Cc1nn(CC(=O)Nc2ccccc2)c(=O)c2ccccc12. The predicted molar refractivity (Wildman–Crippen MR) is 92.4 cm³/mol. The van der Waals surface area contributed by atoms with Gasteiger partial charge in [0.2, 0.25) is 5.91 Å². The monoisotopic (exact) mass is 337 g/mol. The van der Waals surface area contributed by atoms with Crippen molar-refractivity contribution in [2.24, 2.45) is 0 Å². The molecule has 1 heterocycles. The number of hydrogen-bond donors (Lipinski definition) is 2. The number of carbonyl (C=O) groups is 2. The van der Waals surface area contributed by atoms with Gasteiger partial charge in [-0.15, -0.1) is 0 Å². The van der Waals surface area contributed by atoms with Crippen molar-refractivity contribution in [1.29, 1.82) is 0 Å². The first-order valence-corrected chi connectivity index (χ1v) is 7.60. The maximum absolute atomic E-state index is 12.5. The zero-order chi connectivity index (χ0) is 17.8. The van der Waals surface area contributed by atoms with E-state index in [2.05, 4.69) is 10.4 Å². The Balaban J connectivity index is 1.95. The summed E-state index contributed by atoms with van der Waals surface area (Å²) in [6.07, 6.45) is -0.332. The molecule has 7 nitrogen and oxygen atoms in total. The Labute approximate surface area is 142 Å². The van der Waals surface area contributed by atoms with Crippen molar-refractivity contribution < 1.29 is 14.7 Å². The van der Waals surface area contributed by atoms with E-state index in [0.29, 0.717) is 16.5 Å². The summed E-state index contributed by atoms with van der Waals surface area (Å²) in [6, 6.07) is 15.5. The average molecular weight is 337 g/mol. The molecule has 1 amide bonds. The molecule has 0 aliphatic carbocycles. The average Bonchev–Trinajstić information content (AvgIpc) is 2.59. The van der Waals surface area contributed by atoms with E-state index in [1.807, 2.05) is 6.07 Å². The molecule has 3 aromatic rings. The van der Waals surface area contributed by atoms with Gasteiger partial charge in [-0.05, 0) is 18.2 Å². The molecule has 7 heteroatoms. The van der Waals surface area contributed by atoms with Crippen LogP contribution in [0.15, 0.2) is 59.4 Å². The van der Waals surface area contributed by atoms with Crippen molar-refractivity contribution in [3.8, 4) is 0 Å². The number of amides is 1. The summed E-state index contributed by atoms with van der Waals surface area (Å²) in [5.41, 5.74) is 0.412. The van der Waals surface area contributed by atoms with Gasteiger partial charge in [0.05, 0.1) is 17.5 Å². The van der Waals surface area contributed by atoms with E-state index in [1.165, 1.54) is 0 Å². The molecule has 0 radical (unpaired) electrons. The van der Waals surface area contributed by atoms with Crippen LogP contribution >= 0.6 is 0 Å². The van der Waals surface area contributed by atoms with Gasteiger partial charge in [-0.1, -0.05) is 36.4 Å². The molecule has 0 saturated heterocycles. The number of aliphatic carboxylic acids is 1. The van der Waals surface area contributed by atoms with Gasteiger partial charge in [-0.2, -0.15) is 5.10 Å². The van der Waals surface area contributed by atoms with Crippen LogP contribution in [0.2, 0.25) is 0 Å². The van der Waals surface area contributed by atoms with E-state index in [0.717, 1.165) is 4.68 Å². The van der Waals surface area contributed by atoms with Gasteiger partial charge >= 0.3 is 5.97 Å². The van der Waals surface area contributed by atoms with Crippen LogP contribution in [-0.2, 0) is 22.6 Å². The largest absolute Gasteiger partial charge is 0.481 e. The number of nitrogens with one attached hydrogen (secondary N) is 1. The van der Waals surface area contributed by atoms with Crippen LogP contribution in [0.3, 0.4) is 0 Å². The maximum atomic E-state index is 12.5. The minimum absolute atomic E-state index is 0.246. The number of carbonyl (C=O) groups excluding carboxylic acids is 1. The van der Waals surface area contributed by atoms with E-state index < -0.39 is 17.4 Å². The molecule has 2 N–H and O–H groups in total. The van der Waals surface area contributed by atoms with Crippen molar-refractivity contribution in [2.45, 2.75) is 13.0 Å². The molecule has 2 aromatic carbocycles. The van der Waals surface area contributed by atoms with Crippen LogP contribution in [0.1, 0.15) is 5.69 Å². The van der Waals surface area contributed by atoms with Gasteiger partial charge in [-0.3, -0.25) is 14.4 Å². The molecule has 0 aliphatic rings. The highest BCUT2D eigenvalue weighted by molar-refractivity contribution is 5.91. The molecule has 0 atom stereocenters. The Morgan fingerprint density at radius 3 is 2.32 bits per heavy atom. The molecule has 0 fully saturated rings. The number of benzene rings is 2. The molecular formula is C18H15N3O4. The number of carboxylic acid groups (broad SMARTS) is 1. The van der Waals surface area contributed by atoms with Crippen LogP contribution in [0, 0.1) is 0 Å². The molecule has 1 aromatic heterocycles. The minimum atomic E-state index is -1.06. The zero-order valence-corrected chi connectivity index (χ0v) is 13.2. The number of nitrogens with zero attached hydrogens (tertiary/aromatic N) is 2. The van der Waals surface area contributed by atoms with Gasteiger partial charge in [0.15, 0.2) is 0 Å². The lowest BCUT2D eigenvalue weighted by atomic mass is 10.1. The van der Waals surface area contributed by atoms with Gasteiger partial charge in [0.25, 0.3) is 5.56 Å². The molecule has 0 bridgehead atoms. The smallest absolute Gasteiger partial charge is 0.309 e. The first kappa shape index (κ1) is 16.4. The highest BCUT2D eigenvalue weighted by atomic mass is 16.4. The third-order valence-electron chi connectivity index (χ3n) is 3.61. The molecule has 0 spiro atoms. The fraction of sp³-hybridized carbons (Fsp3) is 0.111. The van der Waals surface area contributed by atoms with Crippen LogP contribution in [0.5, 0.6) is 0 Å². The molecule has 0 unspecified atom stereocenters. The fourth-order valence-corrected chi connectivity index (χ4v) is 2.54. The first-order valence-electron chi connectivity index (χ1n) is 7.60. The second-order valence-corrected chi connectivity index (χ2v) is 5.44. The number of aromatic nitrogens is 2. The van der Waals surface area contributed by atoms with Crippen LogP contribution < -0.4 is 10.9 Å². The third kappa shape index (κ3) is 3.72. The Morgan fingerprint density at radius 2 is 1.64 bits per heavy atom.